The van der Waals surface area contributed by atoms with Crippen molar-refractivity contribution in [1.82, 2.24) is 9.88 Å². The number of rotatable bonds is 11. The Kier molecular flexibility index (Phi) is 9.31. The van der Waals surface area contributed by atoms with Crippen molar-refractivity contribution in [2.24, 2.45) is 5.92 Å². The van der Waals surface area contributed by atoms with Gasteiger partial charge in [-0.3, -0.25) is 4.98 Å². The summed E-state index contributed by atoms with van der Waals surface area (Å²) >= 11 is 0. The maximum Gasteiger partial charge on any atom is 0.0299 e. The maximum absolute atomic E-state index is 4.21. The minimum atomic E-state index is 0.670. The first-order chi connectivity index (χ1) is 16.4. The molecule has 1 aliphatic heterocycles. The molecule has 2 heteroatoms. The van der Waals surface area contributed by atoms with E-state index < -0.39 is 0 Å². The topological polar surface area (TPSA) is 16.1 Å². The van der Waals surface area contributed by atoms with Gasteiger partial charge in [0.1, 0.15) is 0 Å². The van der Waals surface area contributed by atoms with Crippen LogP contribution in [0.5, 0.6) is 0 Å². The predicted molar refractivity (Wildman–Crippen MR) is 140 cm³/mol. The summed E-state index contributed by atoms with van der Waals surface area (Å²) in [5, 5.41) is 0. The number of hydrogen-bond donors (Lipinski definition) is 0. The van der Waals surface area contributed by atoms with E-state index in [4.69, 9.17) is 0 Å². The van der Waals surface area contributed by atoms with Crippen molar-refractivity contribution in [2.45, 2.75) is 51.4 Å². The molecule has 1 aliphatic rings. The lowest BCUT2D eigenvalue weighted by molar-refractivity contribution is 0.199. The lowest BCUT2D eigenvalue weighted by Crippen LogP contribution is -2.34. The average molecular weight is 439 g/mol. The molecule has 1 fully saturated rings. The summed E-state index contributed by atoms with van der Waals surface area (Å²) in [4.78, 5) is 6.89. The van der Waals surface area contributed by atoms with E-state index in [1.165, 1.54) is 93.3 Å². The Morgan fingerprint density at radius 3 is 2.03 bits per heavy atom. The molecule has 0 radical (unpaired) electrons. The first-order valence-corrected chi connectivity index (χ1v) is 12.8. The molecule has 0 bridgehead atoms. The van der Waals surface area contributed by atoms with Crippen molar-refractivity contribution in [3.63, 3.8) is 0 Å². The number of hydrogen-bond acceptors (Lipinski definition) is 2. The second-order valence-electron chi connectivity index (χ2n) is 9.37. The number of unbranched alkanes of at least 4 members (excludes halogenated alkanes) is 4. The number of aromatic nitrogens is 1. The lowest BCUT2D eigenvalue weighted by Gasteiger charge is -2.31. The van der Waals surface area contributed by atoms with E-state index in [1.807, 2.05) is 18.5 Å². The summed E-state index contributed by atoms with van der Waals surface area (Å²) in [6.45, 7) is 3.74. The highest BCUT2D eigenvalue weighted by Gasteiger charge is 2.18. The molecule has 0 atom stereocenters. The van der Waals surface area contributed by atoms with Crippen LogP contribution in [0, 0.1) is 5.92 Å². The molecule has 0 amide bonds. The zero-order valence-electron chi connectivity index (χ0n) is 19.9. The summed E-state index contributed by atoms with van der Waals surface area (Å²) in [5.74, 6) is 0.670. The zero-order valence-corrected chi connectivity index (χ0v) is 19.9. The molecule has 1 saturated heterocycles. The SMILES string of the molecule is C(=C(c1ccccc1)c1ccccc1)C1CCN(CCCCCCCc2cccnc2)CC1. The van der Waals surface area contributed by atoms with Gasteiger partial charge in [0.2, 0.25) is 0 Å². The van der Waals surface area contributed by atoms with Crippen LogP contribution in [0.15, 0.2) is 91.3 Å². The molecule has 0 aliphatic carbocycles. The number of piperidine rings is 1. The Bertz CT molecular complexity index is 900. The van der Waals surface area contributed by atoms with Crippen molar-refractivity contribution in [3.05, 3.63) is 108 Å². The van der Waals surface area contributed by atoms with Gasteiger partial charge in [0.15, 0.2) is 0 Å². The normalized spacial score (nSPS) is 14.8. The minimum absolute atomic E-state index is 0.670. The van der Waals surface area contributed by atoms with Gasteiger partial charge in [0, 0.05) is 12.4 Å². The van der Waals surface area contributed by atoms with Gasteiger partial charge in [-0.25, -0.2) is 0 Å². The molecule has 3 aromatic rings. The number of allylic oxidation sites excluding steroid dienone is 1. The number of aryl methyl sites for hydroxylation is 1. The molecule has 2 aromatic carbocycles. The molecule has 0 saturated carbocycles. The van der Waals surface area contributed by atoms with E-state index in [2.05, 4.69) is 82.7 Å². The van der Waals surface area contributed by atoms with Crippen molar-refractivity contribution in [1.29, 1.82) is 0 Å². The summed E-state index contributed by atoms with van der Waals surface area (Å²) in [5.41, 5.74) is 5.42. The maximum atomic E-state index is 4.21. The van der Waals surface area contributed by atoms with Gasteiger partial charge in [-0.2, -0.15) is 0 Å². The van der Waals surface area contributed by atoms with Crippen molar-refractivity contribution in [3.8, 4) is 0 Å². The zero-order chi connectivity index (χ0) is 22.6. The molecule has 2 heterocycles. The number of likely N-dealkylation sites (tertiary alicyclic amines) is 1. The number of nitrogens with zero attached hydrogens (tertiary/aromatic N) is 2. The Labute approximate surface area is 200 Å². The minimum Gasteiger partial charge on any atom is -0.303 e. The fraction of sp³-hybridized carbons (Fsp3) is 0.387. The molecule has 0 N–H and O–H groups in total. The largest absolute Gasteiger partial charge is 0.303 e. The van der Waals surface area contributed by atoms with E-state index >= 15 is 0 Å². The van der Waals surface area contributed by atoms with Gasteiger partial charge < -0.3 is 4.90 Å². The summed E-state index contributed by atoms with van der Waals surface area (Å²) in [6, 6.07) is 26.0. The Hall–Kier alpha value is -2.71. The summed E-state index contributed by atoms with van der Waals surface area (Å²) in [7, 11) is 0. The van der Waals surface area contributed by atoms with Crippen LogP contribution < -0.4 is 0 Å². The van der Waals surface area contributed by atoms with Crippen LogP contribution in [-0.2, 0) is 6.42 Å². The van der Waals surface area contributed by atoms with Crippen molar-refractivity contribution in [2.75, 3.05) is 19.6 Å². The van der Waals surface area contributed by atoms with Gasteiger partial charge in [-0.1, -0.05) is 92.1 Å². The summed E-state index contributed by atoms with van der Waals surface area (Å²) < 4.78 is 0. The van der Waals surface area contributed by atoms with Crippen LogP contribution in [-0.4, -0.2) is 29.5 Å². The van der Waals surface area contributed by atoms with Gasteiger partial charge in [-0.05, 0) is 86.0 Å². The molecular weight excluding hydrogens is 400 g/mol. The van der Waals surface area contributed by atoms with Crippen LogP contribution in [0.1, 0.15) is 61.6 Å². The van der Waals surface area contributed by atoms with Crippen LogP contribution in [0.25, 0.3) is 5.57 Å². The molecule has 0 unspecified atom stereocenters. The number of benzene rings is 2. The molecule has 33 heavy (non-hydrogen) atoms. The summed E-state index contributed by atoms with van der Waals surface area (Å²) in [6.07, 6.45) is 16.8. The highest BCUT2D eigenvalue weighted by molar-refractivity contribution is 5.79. The molecule has 172 valence electrons. The highest BCUT2D eigenvalue weighted by Crippen LogP contribution is 2.28. The average Bonchev–Trinajstić information content (AvgIpc) is 2.89. The molecule has 1 aromatic heterocycles. The number of pyridine rings is 1. The first-order valence-electron chi connectivity index (χ1n) is 12.8. The monoisotopic (exact) mass is 438 g/mol. The van der Waals surface area contributed by atoms with Crippen molar-refractivity contribution < 1.29 is 0 Å². The van der Waals surface area contributed by atoms with Gasteiger partial charge >= 0.3 is 0 Å². The highest BCUT2D eigenvalue weighted by atomic mass is 15.1. The van der Waals surface area contributed by atoms with Crippen LogP contribution in [0.2, 0.25) is 0 Å². The standard InChI is InChI=1S/C31H38N2/c1(2-6-13-28-14-12-21-32-26-28)3-11-22-33-23-19-27(20-24-33)25-31(29-15-7-4-8-16-29)30-17-9-5-10-18-30/h4-5,7-10,12,14-18,21,25-27H,1-3,6,11,13,19-20,22-24H2. The van der Waals surface area contributed by atoms with Crippen LogP contribution >= 0.6 is 0 Å². The Morgan fingerprint density at radius 1 is 0.758 bits per heavy atom. The van der Waals surface area contributed by atoms with Crippen LogP contribution in [0.3, 0.4) is 0 Å². The fourth-order valence-corrected chi connectivity index (χ4v) is 4.91. The predicted octanol–water partition coefficient (Wildman–Crippen LogP) is 7.42. The van der Waals surface area contributed by atoms with Crippen molar-refractivity contribution >= 4 is 5.57 Å². The van der Waals surface area contributed by atoms with E-state index in [-0.39, 0.29) is 0 Å². The Balaban J connectivity index is 1.18. The Morgan fingerprint density at radius 2 is 1.39 bits per heavy atom. The molecule has 2 nitrogen and oxygen atoms in total. The van der Waals surface area contributed by atoms with E-state index in [0.29, 0.717) is 5.92 Å². The second kappa shape index (κ2) is 13.1. The third kappa shape index (κ3) is 7.68. The van der Waals surface area contributed by atoms with E-state index in [1.54, 1.807) is 0 Å². The second-order valence-corrected chi connectivity index (χ2v) is 9.37. The molecule has 4 rings (SSSR count). The third-order valence-corrected chi connectivity index (χ3v) is 6.87. The third-order valence-electron chi connectivity index (χ3n) is 6.87. The molecular formula is C31H38N2. The molecule has 0 spiro atoms. The van der Waals surface area contributed by atoms with E-state index in [0.717, 1.165) is 0 Å². The van der Waals surface area contributed by atoms with Gasteiger partial charge in [-0.15, -0.1) is 0 Å². The van der Waals surface area contributed by atoms with E-state index in [9.17, 15) is 0 Å². The van der Waals surface area contributed by atoms with Crippen LogP contribution in [0.4, 0.5) is 0 Å². The van der Waals surface area contributed by atoms with Gasteiger partial charge in [0.25, 0.3) is 0 Å². The first kappa shape index (κ1) is 23.4. The quantitative estimate of drug-likeness (QED) is 0.290. The fourth-order valence-electron chi connectivity index (χ4n) is 4.91. The smallest absolute Gasteiger partial charge is 0.0299 e. The van der Waals surface area contributed by atoms with Gasteiger partial charge in [0.05, 0.1) is 0 Å². The lowest BCUT2D eigenvalue weighted by atomic mass is 9.89.